The predicted molar refractivity (Wildman–Crippen MR) is 96.4 cm³/mol. The first-order valence-corrected chi connectivity index (χ1v) is 8.13. The highest BCUT2D eigenvalue weighted by Gasteiger charge is 2.21. The second kappa shape index (κ2) is 8.28. The summed E-state index contributed by atoms with van der Waals surface area (Å²) in [4.78, 5) is 12.4. The van der Waals surface area contributed by atoms with Gasteiger partial charge >= 0.3 is 0 Å². The van der Waals surface area contributed by atoms with Crippen molar-refractivity contribution in [2.24, 2.45) is 5.92 Å². The van der Waals surface area contributed by atoms with Crippen LogP contribution < -0.4 is 10.6 Å². The van der Waals surface area contributed by atoms with Crippen molar-refractivity contribution in [3.05, 3.63) is 65.7 Å². The number of nitrogens with zero attached hydrogens (tertiary/aromatic N) is 1. The van der Waals surface area contributed by atoms with Gasteiger partial charge in [0.05, 0.1) is 17.7 Å². The van der Waals surface area contributed by atoms with Crippen LogP contribution in [0.3, 0.4) is 0 Å². The average molecular weight is 321 g/mol. The monoisotopic (exact) mass is 321 g/mol. The third-order valence-electron chi connectivity index (χ3n) is 3.91. The van der Waals surface area contributed by atoms with Crippen LogP contribution in [0, 0.1) is 17.2 Å². The van der Waals surface area contributed by atoms with Crippen molar-refractivity contribution in [1.29, 1.82) is 5.26 Å². The van der Waals surface area contributed by atoms with Crippen molar-refractivity contribution in [2.45, 2.75) is 32.9 Å². The summed E-state index contributed by atoms with van der Waals surface area (Å²) in [5, 5.41) is 15.2. The minimum Gasteiger partial charge on any atom is -0.325 e. The Balaban J connectivity index is 2.05. The molecular formula is C20H23N3O. The Bertz CT molecular complexity index is 719. The molecule has 0 aliphatic heterocycles. The number of benzene rings is 2. The summed E-state index contributed by atoms with van der Waals surface area (Å²) in [5.74, 6) is 0.233. The summed E-state index contributed by atoms with van der Waals surface area (Å²) < 4.78 is 0. The summed E-state index contributed by atoms with van der Waals surface area (Å²) in [6.07, 6.45) is 0. The van der Waals surface area contributed by atoms with Gasteiger partial charge in [-0.2, -0.15) is 5.26 Å². The second-order valence-electron chi connectivity index (χ2n) is 6.20. The van der Waals surface area contributed by atoms with E-state index in [0.717, 1.165) is 0 Å². The highest BCUT2D eigenvalue weighted by molar-refractivity contribution is 5.94. The van der Waals surface area contributed by atoms with Crippen LogP contribution in [0.2, 0.25) is 0 Å². The molecule has 2 atom stereocenters. The maximum Gasteiger partial charge on any atom is 0.241 e. The summed E-state index contributed by atoms with van der Waals surface area (Å²) in [7, 11) is 0. The van der Waals surface area contributed by atoms with E-state index in [1.807, 2.05) is 25.1 Å². The van der Waals surface area contributed by atoms with Crippen LogP contribution in [-0.2, 0) is 4.79 Å². The fourth-order valence-electron chi connectivity index (χ4n) is 2.60. The molecule has 2 rings (SSSR count). The number of nitrogens with one attached hydrogen (secondary N) is 2. The van der Waals surface area contributed by atoms with Gasteiger partial charge in [0, 0.05) is 11.7 Å². The number of rotatable bonds is 6. The highest BCUT2D eigenvalue weighted by Crippen LogP contribution is 2.22. The van der Waals surface area contributed by atoms with Gasteiger partial charge in [-0.25, -0.2) is 0 Å². The summed E-state index contributed by atoms with van der Waals surface area (Å²) in [6, 6.07) is 18.9. The molecule has 0 unspecified atom stereocenters. The number of carbonyl (C=O) groups is 1. The van der Waals surface area contributed by atoms with E-state index < -0.39 is 0 Å². The van der Waals surface area contributed by atoms with Gasteiger partial charge in [0.1, 0.15) is 0 Å². The molecule has 24 heavy (non-hydrogen) atoms. The molecule has 0 bridgehead atoms. The predicted octanol–water partition coefficient (Wildman–Crippen LogP) is 3.87. The quantitative estimate of drug-likeness (QED) is 0.849. The third-order valence-corrected chi connectivity index (χ3v) is 3.91. The molecule has 0 aliphatic carbocycles. The number of nitriles is 1. The number of hydrogen-bond donors (Lipinski definition) is 2. The molecule has 0 aliphatic rings. The van der Waals surface area contributed by atoms with Crippen LogP contribution >= 0.6 is 0 Å². The molecule has 0 saturated carbocycles. The fourth-order valence-corrected chi connectivity index (χ4v) is 2.60. The van der Waals surface area contributed by atoms with Crippen molar-refractivity contribution in [1.82, 2.24) is 5.32 Å². The fraction of sp³-hybridized carbons (Fsp3) is 0.300. The topological polar surface area (TPSA) is 64.9 Å². The minimum atomic E-state index is -0.358. The lowest BCUT2D eigenvalue weighted by atomic mass is 9.95. The molecule has 0 saturated heterocycles. The van der Waals surface area contributed by atoms with Crippen LogP contribution in [0.15, 0.2) is 54.6 Å². The Labute approximate surface area is 143 Å². The standard InChI is InChI=1S/C20H23N3O/c1-14(2)19(17-9-5-4-6-10-17)22-15(3)20(24)23-18-11-7-8-16(12-18)13-21/h4-12,14-15,19,22H,1-3H3,(H,23,24)/t15-,19+/m1/s1. The van der Waals surface area contributed by atoms with Crippen molar-refractivity contribution in [3.63, 3.8) is 0 Å². The lowest BCUT2D eigenvalue weighted by Crippen LogP contribution is -2.41. The van der Waals surface area contributed by atoms with Gasteiger partial charge in [-0.3, -0.25) is 10.1 Å². The van der Waals surface area contributed by atoms with Crippen LogP contribution in [0.5, 0.6) is 0 Å². The van der Waals surface area contributed by atoms with Crippen molar-refractivity contribution in [3.8, 4) is 6.07 Å². The molecule has 0 aromatic heterocycles. The average Bonchev–Trinajstić information content (AvgIpc) is 2.60. The minimum absolute atomic E-state index is 0.0948. The van der Waals surface area contributed by atoms with Gasteiger partial charge in [0.2, 0.25) is 5.91 Å². The van der Waals surface area contributed by atoms with Crippen LogP contribution in [-0.4, -0.2) is 11.9 Å². The number of anilines is 1. The van der Waals surface area contributed by atoms with Gasteiger partial charge in [-0.1, -0.05) is 50.2 Å². The van der Waals surface area contributed by atoms with Gasteiger partial charge in [0.25, 0.3) is 0 Å². The first-order valence-electron chi connectivity index (χ1n) is 8.13. The van der Waals surface area contributed by atoms with Crippen molar-refractivity contribution in [2.75, 3.05) is 5.32 Å². The Morgan fingerprint density at radius 1 is 1.04 bits per heavy atom. The van der Waals surface area contributed by atoms with E-state index in [-0.39, 0.29) is 18.0 Å². The van der Waals surface area contributed by atoms with Crippen LogP contribution in [0.4, 0.5) is 5.69 Å². The lowest BCUT2D eigenvalue weighted by Gasteiger charge is -2.26. The van der Waals surface area contributed by atoms with Crippen LogP contribution in [0.1, 0.15) is 37.9 Å². The second-order valence-corrected chi connectivity index (χ2v) is 6.20. The Morgan fingerprint density at radius 3 is 2.38 bits per heavy atom. The molecule has 1 amide bonds. The first kappa shape index (κ1) is 17.7. The Kier molecular flexibility index (Phi) is 6.11. The maximum atomic E-state index is 12.4. The molecular weight excluding hydrogens is 298 g/mol. The Hall–Kier alpha value is -2.64. The van der Waals surface area contributed by atoms with Gasteiger partial charge < -0.3 is 5.32 Å². The van der Waals surface area contributed by atoms with E-state index in [1.165, 1.54) is 5.56 Å². The van der Waals surface area contributed by atoms with E-state index in [9.17, 15) is 4.79 Å². The first-order chi connectivity index (χ1) is 11.5. The zero-order chi connectivity index (χ0) is 17.5. The normalized spacial score (nSPS) is 13.1. The molecule has 0 heterocycles. The van der Waals surface area contributed by atoms with Gasteiger partial charge in [-0.15, -0.1) is 0 Å². The van der Waals surface area contributed by atoms with Crippen molar-refractivity contribution >= 4 is 11.6 Å². The molecule has 0 radical (unpaired) electrons. The largest absolute Gasteiger partial charge is 0.325 e. The zero-order valence-corrected chi connectivity index (χ0v) is 14.3. The van der Waals surface area contributed by atoms with E-state index in [2.05, 4.69) is 42.7 Å². The molecule has 4 nitrogen and oxygen atoms in total. The third kappa shape index (κ3) is 4.68. The molecule has 2 N–H and O–H groups in total. The molecule has 2 aromatic rings. The number of carbonyl (C=O) groups excluding carboxylic acids is 1. The van der Waals surface area contributed by atoms with E-state index in [0.29, 0.717) is 17.2 Å². The number of hydrogen-bond acceptors (Lipinski definition) is 3. The molecule has 0 spiro atoms. The van der Waals surface area contributed by atoms with Gasteiger partial charge in [0.15, 0.2) is 0 Å². The lowest BCUT2D eigenvalue weighted by molar-refractivity contribution is -0.118. The Morgan fingerprint density at radius 2 is 1.75 bits per heavy atom. The van der Waals surface area contributed by atoms with Crippen LogP contribution in [0.25, 0.3) is 0 Å². The molecule has 0 fully saturated rings. The van der Waals surface area contributed by atoms with E-state index in [1.54, 1.807) is 24.3 Å². The van der Waals surface area contributed by atoms with Gasteiger partial charge in [-0.05, 0) is 36.6 Å². The maximum absolute atomic E-state index is 12.4. The number of amides is 1. The van der Waals surface area contributed by atoms with E-state index >= 15 is 0 Å². The van der Waals surface area contributed by atoms with Crippen molar-refractivity contribution < 1.29 is 4.79 Å². The highest BCUT2D eigenvalue weighted by atomic mass is 16.2. The molecule has 4 heteroatoms. The zero-order valence-electron chi connectivity index (χ0n) is 14.3. The molecule has 124 valence electrons. The molecule has 2 aromatic carbocycles. The summed E-state index contributed by atoms with van der Waals surface area (Å²) in [6.45, 7) is 6.11. The smallest absolute Gasteiger partial charge is 0.241 e. The van der Waals surface area contributed by atoms with E-state index in [4.69, 9.17) is 5.26 Å². The SMILES string of the molecule is CC(C)[C@H](N[C@H](C)C(=O)Nc1cccc(C#N)c1)c1ccccc1. The summed E-state index contributed by atoms with van der Waals surface area (Å²) in [5.41, 5.74) is 2.32. The summed E-state index contributed by atoms with van der Waals surface area (Å²) >= 11 is 0.